The Hall–Kier alpha value is -0.460. The molecule has 0 saturated carbocycles. The zero-order valence-electron chi connectivity index (χ0n) is 10.6. The first-order valence-electron chi connectivity index (χ1n) is 6.11. The Labute approximate surface area is 119 Å². The van der Waals surface area contributed by atoms with Gasteiger partial charge in [0.15, 0.2) is 5.69 Å². The minimum atomic E-state index is 0.0326. The van der Waals surface area contributed by atoms with E-state index in [2.05, 4.69) is 20.9 Å². The molecule has 1 aromatic heterocycles. The quantitative estimate of drug-likeness (QED) is 0.851. The van der Waals surface area contributed by atoms with Crippen LogP contribution < -0.4 is 0 Å². The number of hydrogen-bond acceptors (Lipinski definition) is 4. The van der Waals surface area contributed by atoms with Gasteiger partial charge in [-0.1, -0.05) is 0 Å². The van der Waals surface area contributed by atoms with Gasteiger partial charge in [-0.05, 0) is 36.2 Å². The molecule has 2 heterocycles. The van der Waals surface area contributed by atoms with Gasteiger partial charge in [0.05, 0.1) is 11.6 Å². The van der Waals surface area contributed by atoms with Crippen LogP contribution in [0.3, 0.4) is 0 Å². The fourth-order valence-electron chi connectivity index (χ4n) is 2.12. The van der Waals surface area contributed by atoms with Crippen LogP contribution in [0.1, 0.15) is 28.8 Å². The van der Waals surface area contributed by atoms with Crippen molar-refractivity contribution >= 4 is 33.2 Å². The molecular weight excluding hydrogens is 316 g/mol. The Morgan fingerprint density at radius 3 is 3.06 bits per heavy atom. The largest absolute Gasteiger partial charge is 0.381 e. The maximum absolute atomic E-state index is 12.3. The maximum Gasteiger partial charge on any atom is 0.274 e. The number of carbonyl (C=O) groups excluding carboxylic acids is 1. The minimum absolute atomic E-state index is 0.0326. The maximum atomic E-state index is 12.3. The van der Waals surface area contributed by atoms with Crippen LogP contribution in [0.15, 0.2) is 3.79 Å². The first-order valence-corrected chi connectivity index (χ1v) is 7.72. The molecule has 4 nitrogen and oxygen atoms in total. The number of carbonyl (C=O) groups is 1. The summed E-state index contributed by atoms with van der Waals surface area (Å²) in [5.74, 6) is 0.498. The SMILES string of the molecule is CCOCC1CCN(C(=O)c2nc(C)sc2Br)C1. The number of thiazole rings is 1. The Morgan fingerprint density at radius 2 is 2.44 bits per heavy atom. The molecule has 0 spiro atoms. The number of amides is 1. The second-order valence-corrected chi connectivity index (χ2v) is 6.94. The highest BCUT2D eigenvalue weighted by atomic mass is 79.9. The molecule has 1 aliphatic heterocycles. The molecule has 100 valence electrons. The topological polar surface area (TPSA) is 42.4 Å². The Balaban J connectivity index is 1.97. The highest BCUT2D eigenvalue weighted by molar-refractivity contribution is 9.11. The fraction of sp³-hybridized carbons (Fsp3) is 0.667. The molecule has 6 heteroatoms. The minimum Gasteiger partial charge on any atom is -0.381 e. The van der Waals surface area contributed by atoms with E-state index in [9.17, 15) is 4.79 Å². The van der Waals surface area contributed by atoms with Crippen molar-refractivity contribution in [1.29, 1.82) is 0 Å². The molecule has 0 radical (unpaired) electrons. The predicted molar refractivity (Wildman–Crippen MR) is 75.1 cm³/mol. The van der Waals surface area contributed by atoms with Crippen LogP contribution >= 0.6 is 27.3 Å². The van der Waals surface area contributed by atoms with Crippen LogP contribution in [0.4, 0.5) is 0 Å². The van der Waals surface area contributed by atoms with E-state index in [0.717, 1.165) is 41.5 Å². The summed E-state index contributed by atoms with van der Waals surface area (Å²) >= 11 is 4.91. The number of aromatic nitrogens is 1. The number of ether oxygens (including phenoxy) is 1. The fourth-order valence-corrected chi connectivity index (χ4v) is 3.71. The second kappa shape index (κ2) is 6.12. The van der Waals surface area contributed by atoms with Crippen molar-refractivity contribution in [2.75, 3.05) is 26.3 Å². The molecule has 0 aromatic carbocycles. The third kappa shape index (κ3) is 3.10. The number of aryl methyl sites for hydroxylation is 1. The van der Waals surface area contributed by atoms with Gasteiger partial charge in [-0.2, -0.15) is 0 Å². The summed E-state index contributed by atoms with van der Waals surface area (Å²) in [6.07, 6.45) is 1.02. The average Bonchev–Trinajstić information content (AvgIpc) is 2.92. The number of hydrogen-bond donors (Lipinski definition) is 0. The van der Waals surface area contributed by atoms with Gasteiger partial charge in [0, 0.05) is 25.6 Å². The van der Waals surface area contributed by atoms with Crippen molar-refractivity contribution in [3.63, 3.8) is 0 Å². The van der Waals surface area contributed by atoms with Gasteiger partial charge in [-0.3, -0.25) is 4.79 Å². The zero-order valence-corrected chi connectivity index (χ0v) is 13.0. The van der Waals surface area contributed by atoms with Gasteiger partial charge in [0.1, 0.15) is 3.79 Å². The summed E-state index contributed by atoms with van der Waals surface area (Å²) in [7, 11) is 0. The van der Waals surface area contributed by atoms with E-state index in [4.69, 9.17) is 4.74 Å². The first kappa shape index (κ1) is 14.0. The lowest BCUT2D eigenvalue weighted by Crippen LogP contribution is -2.29. The zero-order chi connectivity index (χ0) is 13.1. The summed E-state index contributed by atoms with van der Waals surface area (Å²) < 4.78 is 6.25. The summed E-state index contributed by atoms with van der Waals surface area (Å²) in [6, 6.07) is 0. The van der Waals surface area contributed by atoms with E-state index >= 15 is 0 Å². The third-order valence-electron chi connectivity index (χ3n) is 3.03. The van der Waals surface area contributed by atoms with Crippen molar-refractivity contribution < 1.29 is 9.53 Å². The monoisotopic (exact) mass is 332 g/mol. The lowest BCUT2D eigenvalue weighted by molar-refractivity contribution is 0.0757. The van der Waals surface area contributed by atoms with E-state index in [1.54, 1.807) is 0 Å². The lowest BCUT2D eigenvalue weighted by Gasteiger charge is -2.15. The summed E-state index contributed by atoms with van der Waals surface area (Å²) in [5, 5.41) is 0.912. The Bertz CT molecular complexity index is 436. The third-order valence-corrected chi connectivity index (χ3v) is 4.65. The van der Waals surface area contributed by atoms with E-state index in [1.165, 1.54) is 11.3 Å². The molecule has 2 rings (SSSR count). The molecular formula is C12H17BrN2O2S. The molecule has 0 N–H and O–H groups in total. The van der Waals surface area contributed by atoms with E-state index in [0.29, 0.717) is 11.6 Å². The van der Waals surface area contributed by atoms with Gasteiger partial charge < -0.3 is 9.64 Å². The van der Waals surface area contributed by atoms with Crippen molar-refractivity contribution in [3.8, 4) is 0 Å². The number of halogens is 1. The number of nitrogens with zero attached hydrogens (tertiary/aromatic N) is 2. The van der Waals surface area contributed by atoms with Crippen LogP contribution in [0.2, 0.25) is 0 Å². The van der Waals surface area contributed by atoms with Gasteiger partial charge in [0.25, 0.3) is 5.91 Å². The van der Waals surface area contributed by atoms with Crippen LogP contribution in [0.5, 0.6) is 0 Å². The summed E-state index contributed by atoms with van der Waals surface area (Å²) in [5.41, 5.74) is 0.551. The van der Waals surface area contributed by atoms with Crippen LogP contribution in [0.25, 0.3) is 0 Å². The molecule has 1 aliphatic rings. The predicted octanol–water partition coefficient (Wildman–Crippen LogP) is 2.71. The normalized spacial score (nSPS) is 19.5. The lowest BCUT2D eigenvalue weighted by atomic mass is 10.1. The number of likely N-dealkylation sites (tertiary alicyclic amines) is 1. The molecule has 1 amide bonds. The Kier molecular flexibility index (Phi) is 4.75. The van der Waals surface area contributed by atoms with Gasteiger partial charge in [0.2, 0.25) is 0 Å². The van der Waals surface area contributed by atoms with Gasteiger partial charge in [-0.15, -0.1) is 11.3 Å². The van der Waals surface area contributed by atoms with E-state index < -0.39 is 0 Å². The number of rotatable bonds is 4. The highest BCUT2D eigenvalue weighted by Crippen LogP contribution is 2.27. The van der Waals surface area contributed by atoms with Crippen LogP contribution in [0, 0.1) is 12.8 Å². The van der Waals surface area contributed by atoms with E-state index in [-0.39, 0.29) is 5.91 Å². The van der Waals surface area contributed by atoms with Crippen molar-refractivity contribution in [2.24, 2.45) is 5.92 Å². The summed E-state index contributed by atoms with van der Waals surface area (Å²) in [6.45, 7) is 6.97. The summed E-state index contributed by atoms with van der Waals surface area (Å²) in [4.78, 5) is 18.5. The van der Waals surface area contributed by atoms with Crippen molar-refractivity contribution in [2.45, 2.75) is 20.3 Å². The molecule has 0 bridgehead atoms. The van der Waals surface area contributed by atoms with Crippen LogP contribution in [-0.2, 0) is 4.74 Å². The molecule has 1 unspecified atom stereocenters. The Morgan fingerprint density at radius 1 is 1.67 bits per heavy atom. The molecule has 1 aromatic rings. The first-order chi connectivity index (χ1) is 8.61. The van der Waals surface area contributed by atoms with E-state index in [1.807, 2.05) is 18.7 Å². The van der Waals surface area contributed by atoms with Crippen molar-refractivity contribution in [3.05, 3.63) is 14.5 Å². The smallest absolute Gasteiger partial charge is 0.274 e. The second-order valence-electron chi connectivity index (χ2n) is 4.42. The molecule has 1 fully saturated rings. The molecule has 0 aliphatic carbocycles. The molecule has 1 atom stereocenters. The van der Waals surface area contributed by atoms with Crippen molar-refractivity contribution in [1.82, 2.24) is 9.88 Å². The molecule has 18 heavy (non-hydrogen) atoms. The molecule has 1 saturated heterocycles. The highest BCUT2D eigenvalue weighted by Gasteiger charge is 2.29. The van der Waals surface area contributed by atoms with Crippen LogP contribution in [-0.4, -0.2) is 42.1 Å². The van der Waals surface area contributed by atoms with Gasteiger partial charge >= 0.3 is 0 Å². The standard InChI is InChI=1S/C12H17BrN2O2S/c1-3-17-7-9-4-5-15(6-9)12(16)10-11(13)18-8(2)14-10/h9H,3-7H2,1-2H3. The van der Waals surface area contributed by atoms with Gasteiger partial charge in [-0.25, -0.2) is 4.98 Å². The average molecular weight is 333 g/mol.